The summed E-state index contributed by atoms with van der Waals surface area (Å²) in [5.41, 5.74) is 1.63. The first-order chi connectivity index (χ1) is 11.1. The number of nitrogens with one attached hydrogen (secondary N) is 1. The molecule has 0 fully saturated rings. The summed E-state index contributed by atoms with van der Waals surface area (Å²) in [6.45, 7) is 1.79. The fourth-order valence-corrected chi connectivity index (χ4v) is 2.20. The van der Waals surface area contributed by atoms with Crippen LogP contribution in [0.25, 0.3) is 0 Å². The molecule has 0 saturated carbocycles. The SMILES string of the molecule is CC(=O)N(CC(=O)NCCc1ccccc1)c1ccc(F)cc1. The van der Waals surface area contributed by atoms with Crippen LogP contribution in [-0.2, 0) is 16.0 Å². The molecule has 0 aliphatic heterocycles. The Morgan fingerprint density at radius 2 is 1.70 bits per heavy atom. The van der Waals surface area contributed by atoms with E-state index in [1.165, 1.54) is 36.1 Å². The summed E-state index contributed by atoms with van der Waals surface area (Å²) in [4.78, 5) is 25.0. The van der Waals surface area contributed by atoms with Gasteiger partial charge in [0.1, 0.15) is 12.4 Å². The second-order valence-corrected chi connectivity index (χ2v) is 5.17. The van der Waals surface area contributed by atoms with Gasteiger partial charge in [-0.05, 0) is 36.2 Å². The molecule has 2 amide bonds. The standard InChI is InChI=1S/C18H19FN2O2/c1-14(22)21(17-9-7-16(19)8-10-17)13-18(23)20-12-11-15-5-3-2-4-6-15/h2-10H,11-13H2,1H3,(H,20,23). The van der Waals surface area contributed by atoms with Crippen LogP contribution in [0, 0.1) is 5.82 Å². The quantitative estimate of drug-likeness (QED) is 0.891. The molecule has 120 valence electrons. The van der Waals surface area contributed by atoms with Crippen LogP contribution in [-0.4, -0.2) is 24.9 Å². The number of amides is 2. The summed E-state index contributed by atoms with van der Waals surface area (Å²) < 4.78 is 13.0. The number of carbonyl (C=O) groups is 2. The largest absolute Gasteiger partial charge is 0.354 e. The smallest absolute Gasteiger partial charge is 0.240 e. The zero-order chi connectivity index (χ0) is 16.7. The zero-order valence-corrected chi connectivity index (χ0v) is 13.0. The molecule has 2 rings (SSSR count). The number of hydrogen-bond donors (Lipinski definition) is 1. The van der Waals surface area contributed by atoms with Crippen molar-refractivity contribution in [1.29, 1.82) is 0 Å². The van der Waals surface area contributed by atoms with Crippen molar-refractivity contribution >= 4 is 17.5 Å². The molecule has 0 saturated heterocycles. The average molecular weight is 314 g/mol. The zero-order valence-electron chi connectivity index (χ0n) is 13.0. The molecule has 1 N–H and O–H groups in total. The van der Waals surface area contributed by atoms with Crippen molar-refractivity contribution in [2.45, 2.75) is 13.3 Å². The fraction of sp³-hybridized carbons (Fsp3) is 0.222. The molecule has 0 atom stereocenters. The van der Waals surface area contributed by atoms with Crippen LogP contribution in [0.4, 0.5) is 10.1 Å². The molecule has 0 bridgehead atoms. The summed E-state index contributed by atoms with van der Waals surface area (Å²) in [7, 11) is 0. The van der Waals surface area contributed by atoms with E-state index in [1.54, 1.807) is 0 Å². The van der Waals surface area contributed by atoms with E-state index >= 15 is 0 Å². The summed E-state index contributed by atoms with van der Waals surface area (Å²) in [6, 6.07) is 15.3. The van der Waals surface area contributed by atoms with Gasteiger partial charge in [0, 0.05) is 19.2 Å². The minimum absolute atomic E-state index is 0.0875. The molecule has 0 unspecified atom stereocenters. The Kier molecular flexibility index (Phi) is 5.86. The first kappa shape index (κ1) is 16.7. The lowest BCUT2D eigenvalue weighted by Crippen LogP contribution is -2.40. The van der Waals surface area contributed by atoms with Gasteiger partial charge < -0.3 is 10.2 Å². The maximum atomic E-state index is 13.0. The van der Waals surface area contributed by atoms with E-state index < -0.39 is 0 Å². The molecule has 0 radical (unpaired) electrons. The third-order valence-corrected chi connectivity index (χ3v) is 3.40. The summed E-state index contributed by atoms with van der Waals surface area (Å²) >= 11 is 0. The summed E-state index contributed by atoms with van der Waals surface area (Å²) in [5.74, 6) is -0.903. The maximum Gasteiger partial charge on any atom is 0.240 e. The number of nitrogens with zero attached hydrogens (tertiary/aromatic N) is 1. The second kappa shape index (κ2) is 8.08. The predicted octanol–water partition coefficient (Wildman–Crippen LogP) is 2.54. The lowest BCUT2D eigenvalue weighted by Gasteiger charge is -2.20. The molecule has 4 nitrogen and oxygen atoms in total. The lowest BCUT2D eigenvalue weighted by molar-refractivity contribution is -0.123. The molecule has 5 heteroatoms. The molecule has 0 aliphatic rings. The van der Waals surface area contributed by atoms with Gasteiger partial charge in [-0.1, -0.05) is 30.3 Å². The summed E-state index contributed by atoms with van der Waals surface area (Å²) in [6.07, 6.45) is 0.725. The van der Waals surface area contributed by atoms with Gasteiger partial charge in [-0.2, -0.15) is 0 Å². The van der Waals surface area contributed by atoms with Crippen LogP contribution in [0.15, 0.2) is 54.6 Å². The van der Waals surface area contributed by atoms with E-state index in [0.29, 0.717) is 12.2 Å². The van der Waals surface area contributed by atoms with Crippen molar-refractivity contribution in [3.63, 3.8) is 0 Å². The van der Waals surface area contributed by atoms with Gasteiger partial charge >= 0.3 is 0 Å². The molecule has 23 heavy (non-hydrogen) atoms. The van der Waals surface area contributed by atoms with Crippen molar-refractivity contribution in [1.82, 2.24) is 5.32 Å². The van der Waals surface area contributed by atoms with Gasteiger partial charge in [-0.25, -0.2) is 4.39 Å². The van der Waals surface area contributed by atoms with Crippen LogP contribution in [0.5, 0.6) is 0 Å². The molecule has 0 aromatic heterocycles. The normalized spacial score (nSPS) is 10.2. The average Bonchev–Trinajstić information content (AvgIpc) is 2.54. The third-order valence-electron chi connectivity index (χ3n) is 3.40. The number of benzene rings is 2. The van der Waals surface area contributed by atoms with Crippen molar-refractivity contribution in [3.8, 4) is 0 Å². The number of anilines is 1. The van der Waals surface area contributed by atoms with Crippen LogP contribution < -0.4 is 10.2 Å². The Morgan fingerprint density at radius 3 is 2.30 bits per heavy atom. The number of carbonyl (C=O) groups excluding carboxylic acids is 2. The van der Waals surface area contributed by atoms with Crippen molar-refractivity contribution in [3.05, 3.63) is 66.0 Å². The van der Waals surface area contributed by atoms with Crippen molar-refractivity contribution in [2.24, 2.45) is 0 Å². The van der Waals surface area contributed by atoms with Crippen LogP contribution in [0.3, 0.4) is 0 Å². The molecule has 2 aromatic carbocycles. The fourth-order valence-electron chi connectivity index (χ4n) is 2.20. The highest BCUT2D eigenvalue weighted by Gasteiger charge is 2.15. The van der Waals surface area contributed by atoms with Gasteiger partial charge in [0.15, 0.2) is 0 Å². The predicted molar refractivity (Wildman–Crippen MR) is 87.6 cm³/mol. The van der Waals surface area contributed by atoms with Gasteiger partial charge in [-0.3, -0.25) is 9.59 Å². The molecule has 0 heterocycles. The first-order valence-electron chi connectivity index (χ1n) is 7.40. The minimum atomic E-state index is -0.385. The third kappa shape index (κ3) is 5.21. The Balaban J connectivity index is 1.88. The Hall–Kier alpha value is -2.69. The topological polar surface area (TPSA) is 49.4 Å². The van der Waals surface area contributed by atoms with Crippen molar-refractivity contribution < 1.29 is 14.0 Å². The molecular weight excluding hydrogens is 295 g/mol. The highest BCUT2D eigenvalue weighted by molar-refractivity contribution is 5.97. The van der Waals surface area contributed by atoms with Gasteiger partial charge in [-0.15, -0.1) is 0 Å². The van der Waals surface area contributed by atoms with Crippen LogP contribution in [0.1, 0.15) is 12.5 Å². The maximum absolute atomic E-state index is 13.0. The number of rotatable bonds is 6. The molecule has 2 aromatic rings. The highest BCUT2D eigenvalue weighted by Crippen LogP contribution is 2.14. The molecular formula is C18H19FN2O2. The van der Waals surface area contributed by atoms with E-state index in [0.717, 1.165) is 12.0 Å². The number of hydrogen-bond acceptors (Lipinski definition) is 2. The first-order valence-corrected chi connectivity index (χ1v) is 7.40. The van der Waals surface area contributed by atoms with E-state index in [2.05, 4.69) is 5.32 Å². The summed E-state index contributed by atoms with van der Waals surface area (Å²) in [5, 5.41) is 2.79. The monoisotopic (exact) mass is 314 g/mol. The van der Waals surface area contributed by atoms with Gasteiger partial charge in [0.2, 0.25) is 11.8 Å². The highest BCUT2D eigenvalue weighted by atomic mass is 19.1. The Morgan fingerprint density at radius 1 is 1.04 bits per heavy atom. The van der Waals surface area contributed by atoms with E-state index in [9.17, 15) is 14.0 Å². The van der Waals surface area contributed by atoms with Gasteiger partial charge in [0.25, 0.3) is 0 Å². The van der Waals surface area contributed by atoms with Crippen LogP contribution in [0.2, 0.25) is 0 Å². The molecule has 0 aliphatic carbocycles. The van der Waals surface area contributed by atoms with Crippen molar-refractivity contribution in [2.75, 3.05) is 18.0 Å². The Bertz CT molecular complexity index is 656. The second-order valence-electron chi connectivity index (χ2n) is 5.17. The number of halogens is 1. The van der Waals surface area contributed by atoms with E-state index in [4.69, 9.17) is 0 Å². The van der Waals surface area contributed by atoms with Gasteiger partial charge in [0.05, 0.1) is 0 Å². The minimum Gasteiger partial charge on any atom is -0.354 e. The van der Waals surface area contributed by atoms with E-state index in [1.807, 2.05) is 30.3 Å². The lowest BCUT2D eigenvalue weighted by atomic mass is 10.1. The molecule has 0 spiro atoms. The Labute approximate surface area is 134 Å². The van der Waals surface area contributed by atoms with E-state index in [-0.39, 0.29) is 24.2 Å². The van der Waals surface area contributed by atoms with Crippen LogP contribution >= 0.6 is 0 Å².